The van der Waals surface area contributed by atoms with E-state index >= 15 is 0 Å². The largest absolute Gasteiger partial charge is 0.348 e. The third-order valence-electron chi connectivity index (χ3n) is 4.08. The maximum Gasteiger partial charge on any atom is 0.253 e. The van der Waals surface area contributed by atoms with E-state index in [0.29, 0.717) is 16.1 Å². The van der Waals surface area contributed by atoms with Crippen LogP contribution in [-0.4, -0.2) is 25.6 Å². The number of sulfone groups is 1. The van der Waals surface area contributed by atoms with Crippen molar-refractivity contribution in [1.29, 1.82) is 0 Å². The minimum Gasteiger partial charge on any atom is -0.348 e. The molecule has 0 fully saturated rings. The van der Waals surface area contributed by atoms with Crippen molar-refractivity contribution in [3.8, 4) is 11.1 Å². The Labute approximate surface area is 173 Å². The van der Waals surface area contributed by atoms with Crippen LogP contribution in [0.1, 0.15) is 15.9 Å². The standard InChI is InChI=1S/C20H16Cl2N2O3S/c1-28(26,27)16-7-6-13(19(22)9-16)12-24-20(25)15-8-14(10-23-11-15)17-4-2-3-5-18(17)21/h2-11H,12H2,1H3,(H,24,25). The Morgan fingerprint density at radius 2 is 1.79 bits per heavy atom. The maximum atomic E-state index is 12.5. The van der Waals surface area contributed by atoms with Crippen molar-refractivity contribution in [2.45, 2.75) is 11.4 Å². The summed E-state index contributed by atoms with van der Waals surface area (Å²) in [5.41, 5.74) is 2.50. The number of carbonyl (C=O) groups excluding carboxylic acids is 1. The first-order valence-corrected chi connectivity index (χ1v) is 10.9. The zero-order chi connectivity index (χ0) is 20.3. The molecule has 1 aromatic heterocycles. The predicted octanol–water partition coefficient (Wildman–Crippen LogP) is 4.39. The second-order valence-electron chi connectivity index (χ2n) is 6.15. The molecule has 0 bridgehead atoms. The van der Waals surface area contributed by atoms with Crippen LogP contribution in [0.25, 0.3) is 11.1 Å². The Morgan fingerprint density at radius 3 is 2.46 bits per heavy atom. The topological polar surface area (TPSA) is 76.1 Å². The molecule has 0 spiro atoms. The van der Waals surface area contributed by atoms with Crippen LogP contribution in [0.3, 0.4) is 0 Å². The lowest BCUT2D eigenvalue weighted by molar-refractivity contribution is 0.0950. The van der Waals surface area contributed by atoms with E-state index in [4.69, 9.17) is 23.2 Å². The van der Waals surface area contributed by atoms with Gasteiger partial charge in [0.25, 0.3) is 5.91 Å². The van der Waals surface area contributed by atoms with Gasteiger partial charge in [0.2, 0.25) is 0 Å². The second-order valence-corrected chi connectivity index (χ2v) is 8.98. The quantitative estimate of drug-likeness (QED) is 0.645. The molecule has 3 rings (SSSR count). The number of hydrogen-bond acceptors (Lipinski definition) is 4. The van der Waals surface area contributed by atoms with Crippen LogP contribution in [0.4, 0.5) is 0 Å². The summed E-state index contributed by atoms with van der Waals surface area (Å²) in [6.45, 7) is 0.151. The first-order valence-electron chi connectivity index (χ1n) is 8.22. The van der Waals surface area contributed by atoms with Gasteiger partial charge in [-0.1, -0.05) is 47.5 Å². The number of nitrogens with one attached hydrogen (secondary N) is 1. The van der Waals surface area contributed by atoms with Gasteiger partial charge in [0, 0.05) is 46.4 Å². The number of hydrogen-bond donors (Lipinski definition) is 1. The van der Waals surface area contributed by atoms with Gasteiger partial charge in [-0.2, -0.15) is 0 Å². The predicted molar refractivity (Wildman–Crippen MR) is 110 cm³/mol. The van der Waals surface area contributed by atoms with E-state index in [0.717, 1.165) is 17.4 Å². The molecule has 1 amide bonds. The van der Waals surface area contributed by atoms with Gasteiger partial charge in [-0.25, -0.2) is 8.42 Å². The number of aromatic nitrogens is 1. The molecule has 2 aromatic carbocycles. The van der Waals surface area contributed by atoms with Crippen molar-refractivity contribution in [2.24, 2.45) is 0 Å². The Kier molecular flexibility index (Phi) is 6.03. The lowest BCUT2D eigenvalue weighted by Crippen LogP contribution is -2.23. The fourth-order valence-corrected chi connectivity index (χ4v) is 3.79. The first-order chi connectivity index (χ1) is 13.3. The highest BCUT2D eigenvalue weighted by molar-refractivity contribution is 7.90. The number of rotatable bonds is 5. The number of benzene rings is 2. The van der Waals surface area contributed by atoms with E-state index in [2.05, 4.69) is 10.3 Å². The molecule has 3 aromatic rings. The van der Waals surface area contributed by atoms with E-state index in [1.54, 1.807) is 24.4 Å². The summed E-state index contributed by atoms with van der Waals surface area (Å²) in [6.07, 6.45) is 4.21. The molecule has 0 saturated heterocycles. The normalized spacial score (nSPS) is 11.2. The lowest BCUT2D eigenvalue weighted by Gasteiger charge is -2.10. The summed E-state index contributed by atoms with van der Waals surface area (Å²) < 4.78 is 23.2. The Balaban J connectivity index is 1.76. The minimum atomic E-state index is -3.34. The molecule has 28 heavy (non-hydrogen) atoms. The van der Waals surface area contributed by atoms with Gasteiger partial charge in [-0.3, -0.25) is 9.78 Å². The number of nitrogens with zero attached hydrogens (tertiary/aromatic N) is 1. The zero-order valence-electron chi connectivity index (χ0n) is 14.8. The summed E-state index contributed by atoms with van der Waals surface area (Å²) in [5.74, 6) is -0.329. The van der Waals surface area contributed by atoms with Gasteiger partial charge >= 0.3 is 0 Å². The summed E-state index contributed by atoms with van der Waals surface area (Å²) in [7, 11) is -3.34. The van der Waals surface area contributed by atoms with Gasteiger partial charge in [0.05, 0.1) is 10.5 Å². The Morgan fingerprint density at radius 1 is 1.04 bits per heavy atom. The molecule has 1 heterocycles. The number of amides is 1. The van der Waals surface area contributed by atoms with Crippen LogP contribution in [-0.2, 0) is 16.4 Å². The van der Waals surface area contributed by atoms with Gasteiger partial charge in [0.1, 0.15) is 0 Å². The van der Waals surface area contributed by atoms with Crippen LogP contribution in [0, 0.1) is 0 Å². The molecule has 5 nitrogen and oxygen atoms in total. The highest BCUT2D eigenvalue weighted by Gasteiger charge is 2.13. The van der Waals surface area contributed by atoms with Crippen LogP contribution >= 0.6 is 23.2 Å². The van der Waals surface area contributed by atoms with Crippen molar-refractivity contribution >= 4 is 38.9 Å². The van der Waals surface area contributed by atoms with Gasteiger partial charge < -0.3 is 5.32 Å². The molecular weight excluding hydrogens is 419 g/mol. The Bertz CT molecular complexity index is 1150. The summed E-state index contributed by atoms with van der Waals surface area (Å²) in [6, 6.07) is 13.4. The molecule has 144 valence electrons. The SMILES string of the molecule is CS(=O)(=O)c1ccc(CNC(=O)c2cncc(-c3ccccc3Cl)c2)c(Cl)c1. The molecule has 1 N–H and O–H groups in total. The van der Waals surface area contributed by atoms with Gasteiger partial charge in [0.15, 0.2) is 9.84 Å². The highest BCUT2D eigenvalue weighted by atomic mass is 35.5. The van der Waals surface area contributed by atoms with Crippen molar-refractivity contribution < 1.29 is 13.2 Å². The third kappa shape index (κ3) is 4.70. The van der Waals surface area contributed by atoms with Crippen molar-refractivity contribution in [2.75, 3.05) is 6.26 Å². The third-order valence-corrected chi connectivity index (χ3v) is 5.87. The van der Waals surface area contributed by atoms with Crippen molar-refractivity contribution in [3.63, 3.8) is 0 Å². The van der Waals surface area contributed by atoms with Crippen molar-refractivity contribution in [3.05, 3.63) is 82.1 Å². The van der Waals surface area contributed by atoms with Crippen LogP contribution in [0.15, 0.2) is 65.8 Å². The molecule has 0 atom stereocenters. The van der Waals surface area contributed by atoms with Gasteiger partial charge in [-0.05, 0) is 29.8 Å². The molecular formula is C20H16Cl2N2O3S. The van der Waals surface area contributed by atoms with E-state index in [9.17, 15) is 13.2 Å². The molecule has 0 saturated carbocycles. The molecule has 0 radical (unpaired) electrons. The summed E-state index contributed by atoms with van der Waals surface area (Å²) in [5, 5.41) is 3.60. The zero-order valence-corrected chi connectivity index (χ0v) is 17.1. The summed E-state index contributed by atoms with van der Waals surface area (Å²) >= 11 is 12.4. The first kappa shape index (κ1) is 20.3. The molecule has 0 aliphatic carbocycles. The smallest absolute Gasteiger partial charge is 0.253 e. The highest BCUT2D eigenvalue weighted by Crippen LogP contribution is 2.27. The second kappa shape index (κ2) is 8.31. The average Bonchev–Trinajstić information content (AvgIpc) is 2.66. The van der Waals surface area contributed by atoms with E-state index in [1.807, 2.05) is 18.2 Å². The van der Waals surface area contributed by atoms with Crippen LogP contribution in [0.5, 0.6) is 0 Å². The van der Waals surface area contributed by atoms with Gasteiger partial charge in [-0.15, -0.1) is 0 Å². The fraction of sp³-hybridized carbons (Fsp3) is 0.100. The monoisotopic (exact) mass is 434 g/mol. The molecule has 0 aliphatic heterocycles. The van der Waals surface area contributed by atoms with E-state index in [1.165, 1.54) is 18.3 Å². The number of halogens is 2. The van der Waals surface area contributed by atoms with Crippen molar-refractivity contribution in [1.82, 2.24) is 10.3 Å². The van der Waals surface area contributed by atoms with Crippen LogP contribution in [0.2, 0.25) is 10.0 Å². The average molecular weight is 435 g/mol. The minimum absolute atomic E-state index is 0.129. The maximum absolute atomic E-state index is 12.5. The lowest BCUT2D eigenvalue weighted by atomic mass is 10.1. The van der Waals surface area contributed by atoms with E-state index in [-0.39, 0.29) is 22.4 Å². The molecule has 8 heteroatoms. The van der Waals surface area contributed by atoms with Crippen LogP contribution < -0.4 is 5.32 Å². The fourth-order valence-electron chi connectivity index (χ4n) is 2.59. The molecule has 0 unspecified atom stereocenters. The molecule has 0 aliphatic rings. The number of pyridine rings is 1. The Hall–Kier alpha value is -2.41. The number of carbonyl (C=O) groups is 1. The van der Waals surface area contributed by atoms with E-state index < -0.39 is 9.84 Å². The summed E-state index contributed by atoms with van der Waals surface area (Å²) in [4.78, 5) is 16.8.